The third-order valence-electron chi connectivity index (χ3n) is 5.11. The zero-order valence-corrected chi connectivity index (χ0v) is 17.4. The summed E-state index contributed by atoms with van der Waals surface area (Å²) in [4.78, 5) is 25.0. The average molecular weight is 413 g/mol. The van der Waals surface area contributed by atoms with E-state index in [2.05, 4.69) is 10.6 Å². The van der Waals surface area contributed by atoms with Crippen LogP contribution in [0.2, 0.25) is 0 Å². The molecule has 1 heterocycles. The Morgan fingerprint density at radius 2 is 1.52 bits per heavy atom. The van der Waals surface area contributed by atoms with Gasteiger partial charge < -0.3 is 19.9 Å². The molecule has 6 heteroatoms. The average Bonchev–Trinajstić information content (AvgIpc) is 3.10. The summed E-state index contributed by atoms with van der Waals surface area (Å²) in [5.74, 6) is 0.396. The van der Waals surface area contributed by atoms with Gasteiger partial charge in [-0.3, -0.25) is 9.59 Å². The van der Waals surface area contributed by atoms with Gasteiger partial charge in [0.2, 0.25) is 5.91 Å². The van der Waals surface area contributed by atoms with Gasteiger partial charge in [0.1, 0.15) is 5.75 Å². The molecule has 0 aliphatic carbocycles. The minimum absolute atomic E-state index is 0.105. The molecule has 0 unspecified atom stereocenters. The number of nitrogens with zero attached hydrogens (tertiary/aromatic N) is 1. The van der Waals surface area contributed by atoms with Crippen LogP contribution in [0.15, 0.2) is 79.0 Å². The van der Waals surface area contributed by atoms with E-state index in [9.17, 15) is 9.59 Å². The van der Waals surface area contributed by atoms with Gasteiger partial charge >= 0.3 is 0 Å². The molecule has 0 spiro atoms. The number of aromatic nitrogens is 1. The van der Waals surface area contributed by atoms with Crippen LogP contribution in [0.1, 0.15) is 15.9 Å². The van der Waals surface area contributed by atoms with Gasteiger partial charge in [-0.2, -0.15) is 0 Å². The number of hydrogen-bond acceptors (Lipinski definition) is 3. The number of carbonyl (C=O) groups is 2. The first kappa shape index (κ1) is 20.2. The lowest BCUT2D eigenvalue weighted by Gasteiger charge is -2.08. The molecule has 0 aliphatic rings. The highest BCUT2D eigenvalue weighted by Gasteiger charge is 2.11. The number of rotatable bonds is 6. The fourth-order valence-corrected chi connectivity index (χ4v) is 3.53. The molecule has 0 saturated carbocycles. The number of carbonyl (C=O) groups excluding carboxylic acids is 2. The number of para-hydroxylation sites is 1. The summed E-state index contributed by atoms with van der Waals surface area (Å²) in [6.45, 7) is 0. The maximum atomic E-state index is 12.5. The van der Waals surface area contributed by atoms with Gasteiger partial charge in [0, 0.05) is 41.1 Å². The summed E-state index contributed by atoms with van der Waals surface area (Å²) < 4.78 is 7.14. The minimum atomic E-state index is -0.223. The van der Waals surface area contributed by atoms with Gasteiger partial charge in [0.25, 0.3) is 5.91 Å². The van der Waals surface area contributed by atoms with Crippen LogP contribution in [0, 0.1) is 0 Å². The summed E-state index contributed by atoms with van der Waals surface area (Å²) in [5.41, 5.74) is 3.90. The van der Waals surface area contributed by atoms with Crippen LogP contribution >= 0.6 is 0 Å². The summed E-state index contributed by atoms with van der Waals surface area (Å²) in [5, 5.41) is 6.81. The van der Waals surface area contributed by atoms with E-state index in [-0.39, 0.29) is 18.2 Å². The standard InChI is InChI=1S/C25H23N3O3/c1-28-16-18(22-5-3-4-6-23(22)28)15-24(29)26-19-9-7-17(8-10-19)25(30)27-20-11-13-21(31-2)14-12-20/h3-14,16H,15H2,1-2H3,(H,26,29)(H,27,30). The predicted octanol–water partition coefficient (Wildman–Crippen LogP) is 4.62. The topological polar surface area (TPSA) is 72.4 Å². The molecule has 0 bridgehead atoms. The lowest BCUT2D eigenvalue weighted by molar-refractivity contribution is -0.115. The van der Waals surface area contributed by atoms with Crippen molar-refractivity contribution in [1.82, 2.24) is 4.57 Å². The third-order valence-corrected chi connectivity index (χ3v) is 5.11. The van der Waals surface area contributed by atoms with E-state index in [1.807, 2.05) is 42.1 Å². The summed E-state index contributed by atoms with van der Waals surface area (Å²) >= 11 is 0. The third kappa shape index (κ3) is 4.59. The molecular formula is C25H23N3O3. The van der Waals surface area contributed by atoms with Gasteiger partial charge in [-0.25, -0.2) is 0 Å². The van der Waals surface area contributed by atoms with Gasteiger partial charge in [-0.1, -0.05) is 18.2 Å². The van der Waals surface area contributed by atoms with Crippen molar-refractivity contribution >= 4 is 34.1 Å². The molecule has 4 rings (SSSR count). The molecule has 2 amide bonds. The molecule has 0 fully saturated rings. The van der Waals surface area contributed by atoms with Crippen LogP contribution in [-0.2, 0) is 18.3 Å². The maximum absolute atomic E-state index is 12.5. The van der Waals surface area contributed by atoms with Crippen molar-refractivity contribution in [2.75, 3.05) is 17.7 Å². The zero-order chi connectivity index (χ0) is 21.8. The second-order valence-corrected chi connectivity index (χ2v) is 7.27. The Kier molecular flexibility index (Phi) is 5.71. The molecule has 0 atom stereocenters. The number of hydrogen-bond donors (Lipinski definition) is 2. The Hall–Kier alpha value is -4.06. The maximum Gasteiger partial charge on any atom is 0.255 e. The quantitative estimate of drug-likeness (QED) is 0.484. The van der Waals surface area contributed by atoms with E-state index in [1.165, 1.54) is 0 Å². The van der Waals surface area contributed by atoms with Crippen LogP contribution in [0.4, 0.5) is 11.4 Å². The molecule has 4 aromatic rings. The predicted molar refractivity (Wildman–Crippen MR) is 123 cm³/mol. The molecule has 0 aliphatic heterocycles. The number of nitrogens with one attached hydrogen (secondary N) is 2. The van der Waals surface area contributed by atoms with E-state index in [4.69, 9.17) is 4.74 Å². The van der Waals surface area contributed by atoms with Gasteiger partial charge in [0.05, 0.1) is 13.5 Å². The molecule has 1 aromatic heterocycles. The first-order valence-electron chi connectivity index (χ1n) is 9.92. The second kappa shape index (κ2) is 8.75. The van der Waals surface area contributed by atoms with Crippen molar-refractivity contribution in [2.24, 2.45) is 7.05 Å². The first-order chi connectivity index (χ1) is 15.0. The van der Waals surface area contributed by atoms with Crippen molar-refractivity contribution in [3.63, 3.8) is 0 Å². The molecule has 0 saturated heterocycles. The highest BCUT2D eigenvalue weighted by atomic mass is 16.5. The Morgan fingerprint density at radius 3 is 2.23 bits per heavy atom. The smallest absolute Gasteiger partial charge is 0.255 e. The van der Waals surface area contributed by atoms with Crippen molar-refractivity contribution in [2.45, 2.75) is 6.42 Å². The van der Waals surface area contributed by atoms with Gasteiger partial charge in [-0.05, 0) is 60.2 Å². The number of benzene rings is 3. The Bertz CT molecular complexity index is 1230. The molecule has 2 N–H and O–H groups in total. The summed E-state index contributed by atoms with van der Waals surface area (Å²) in [6, 6.07) is 22.0. The number of fused-ring (bicyclic) bond motifs is 1. The van der Waals surface area contributed by atoms with Crippen molar-refractivity contribution in [3.05, 3.63) is 90.1 Å². The molecule has 6 nitrogen and oxygen atoms in total. The highest BCUT2D eigenvalue weighted by Crippen LogP contribution is 2.21. The number of methoxy groups -OCH3 is 1. The van der Waals surface area contributed by atoms with Crippen LogP contribution in [0.25, 0.3) is 10.9 Å². The SMILES string of the molecule is COc1ccc(NC(=O)c2ccc(NC(=O)Cc3cn(C)c4ccccc34)cc2)cc1. The summed E-state index contributed by atoms with van der Waals surface area (Å²) in [6.07, 6.45) is 2.26. The molecule has 0 radical (unpaired) electrons. The van der Waals surface area contributed by atoms with Crippen molar-refractivity contribution < 1.29 is 14.3 Å². The second-order valence-electron chi connectivity index (χ2n) is 7.27. The van der Waals surface area contributed by atoms with Crippen molar-refractivity contribution in [3.8, 4) is 5.75 Å². The first-order valence-corrected chi connectivity index (χ1v) is 9.92. The zero-order valence-electron chi connectivity index (χ0n) is 17.4. The fourth-order valence-electron chi connectivity index (χ4n) is 3.53. The summed E-state index contributed by atoms with van der Waals surface area (Å²) in [7, 11) is 3.56. The van der Waals surface area contributed by atoms with Crippen LogP contribution in [0.3, 0.4) is 0 Å². The number of aryl methyl sites for hydroxylation is 1. The fraction of sp³-hybridized carbons (Fsp3) is 0.120. The van der Waals surface area contributed by atoms with E-state index >= 15 is 0 Å². The van der Waals surface area contributed by atoms with E-state index in [0.717, 1.165) is 22.2 Å². The van der Waals surface area contributed by atoms with Crippen LogP contribution in [0.5, 0.6) is 5.75 Å². The highest BCUT2D eigenvalue weighted by molar-refractivity contribution is 6.04. The number of ether oxygens (including phenoxy) is 1. The Balaban J connectivity index is 1.38. The van der Waals surface area contributed by atoms with Gasteiger partial charge in [0.15, 0.2) is 0 Å². The normalized spacial score (nSPS) is 10.6. The molecular weight excluding hydrogens is 390 g/mol. The minimum Gasteiger partial charge on any atom is -0.497 e. The molecule has 156 valence electrons. The van der Waals surface area contributed by atoms with Crippen LogP contribution in [-0.4, -0.2) is 23.5 Å². The lowest BCUT2D eigenvalue weighted by atomic mass is 10.1. The van der Waals surface area contributed by atoms with Crippen LogP contribution < -0.4 is 15.4 Å². The largest absolute Gasteiger partial charge is 0.497 e. The van der Waals surface area contributed by atoms with E-state index in [1.54, 1.807) is 55.6 Å². The van der Waals surface area contributed by atoms with Crippen molar-refractivity contribution in [1.29, 1.82) is 0 Å². The number of anilines is 2. The van der Waals surface area contributed by atoms with E-state index < -0.39 is 0 Å². The Morgan fingerprint density at radius 1 is 0.871 bits per heavy atom. The monoisotopic (exact) mass is 413 g/mol. The molecule has 3 aromatic carbocycles. The number of amides is 2. The lowest BCUT2D eigenvalue weighted by Crippen LogP contribution is -2.15. The van der Waals surface area contributed by atoms with Gasteiger partial charge in [-0.15, -0.1) is 0 Å². The van der Waals surface area contributed by atoms with E-state index in [0.29, 0.717) is 16.9 Å². The Labute approximate surface area is 180 Å². The molecule has 31 heavy (non-hydrogen) atoms.